The number of piperidine rings is 1. The summed E-state index contributed by atoms with van der Waals surface area (Å²) in [6, 6.07) is 5.25. The molecule has 1 aromatic heterocycles. The van der Waals surface area contributed by atoms with Crippen molar-refractivity contribution >= 4 is 22.6 Å². The van der Waals surface area contributed by atoms with Gasteiger partial charge in [0.2, 0.25) is 0 Å². The second kappa shape index (κ2) is 6.88. The number of fused-ring (bicyclic) bond motifs is 5. The maximum atomic E-state index is 12.5. The molecule has 1 aromatic carbocycles. The number of nitrogens with zero attached hydrogens (tertiary/aromatic N) is 2. The maximum Gasteiger partial charge on any atom is 0.309 e. The number of H-pyrrole nitrogens is 1. The van der Waals surface area contributed by atoms with Crippen LogP contribution in [0.15, 0.2) is 18.2 Å². The van der Waals surface area contributed by atoms with Crippen LogP contribution in [-0.2, 0) is 16.0 Å². The number of benzene rings is 1. The summed E-state index contributed by atoms with van der Waals surface area (Å²) in [7, 11) is 1.45. The van der Waals surface area contributed by atoms with E-state index in [1.54, 1.807) is 12.1 Å². The highest BCUT2D eigenvalue weighted by Gasteiger charge is 2.52. The van der Waals surface area contributed by atoms with Gasteiger partial charge >= 0.3 is 5.97 Å². The standard InChI is InChI=1S/C21H27N3O4/c1-4-21(13(2)20(25)28-3)10-6-11-23-12-9-14-17-15(22-18(14)19(21)23)7-5-8-16(17)24(26)27/h5,7-8,13,19,22H,4,6,9-12H2,1-3H3/t13?,19-,21+/m1/s1. The zero-order valence-corrected chi connectivity index (χ0v) is 16.7. The zero-order chi connectivity index (χ0) is 20.1. The first-order chi connectivity index (χ1) is 13.4. The topological polar surface area (TPSA) is 88.5 Å². The molecule has 0 saturated carbocycles. The molecule has 3 atom stereocenters. The Balaban J connectivity index is 1.93. The van der Waals surface area contributed by atoms with E-state index in [0.29, 0.717) is 0 Å². The predicted molar refractivity (Wildman–Crippen MR) is 106 cm³/mol. The van der Waals surface area contributed by atoms with E-state index in [1.165, 1.54) is 7.11 Å². The number of hydrogen-bond acceptors (Lipinski definition) is 5. The molecule has 0 radical (unpaired) electrons. The molecule has 0 aliphatic carbocycles. The normalized spacial score (nSPS) is 25.8. The molecule has 4 rings (SSSR count). The molecule has 2 aliphatic rings. The Morgan fingerprint density at radius 1 is 1.46 bits per heavy atom. The van der Waals surface area contributed by atoms with Gasteiger partial charge in [-0.15, -0.1) is 0 Å². The van der Waals surface area contributed by atoms with Crippen LogP contribution in [0.4, 0.5) is 5.69 Å². The fourth-order valence-corrected chi connectivity index (χ4v) is 5.71. The highest BCUT2D eigenvalue weighted by molar-refractivity contribution is 5.93. The number of carbonyl (C=O) groups excluding carboxylic acids is 1. The number of esters is 1. The Kier molecular flexibility index (Phi) is 4.65. The molecule has 7 heteroatoms. The van der Waals surface area contributed by atoms with Crippen molar-refractivity contribution in [1.82, 2.24) is 9.88 Å². The Labute approximate surface area is 164 Å². The molecule has 1 saturated heterocycles. The summed E-state index contributed by atoms with van der Waals surface area (Å²) in [5, 5.41) is 12.3. The molecule has 28 heavy (non-hydrogen) atoms. The summed E-state index contributed by atoms with van der Waals surface area (Å²) in [6.07, 6.45) is 3.61. The largest absolute Gasteiger partial charge is 0.469 e. The third kappa shape index (κ3) is 2.56. The number of hydrogen-bond donors (Lipinski definition) is 1. The van der Waals surface area contributed by atoms with E-state index in [1.807, 2.05) is 13.0 Å². The number of nitro benzene ring substituents is 1. The summed E-state index contributed by atoms with van der Waals surface area (Å²) in [6.45, 7) is 5.95. The van der Waals surface area contributed by atoms with Crippen LogP contribution in [0.25, 0.3) is 10.9 Å². The molecule has 1 unspecified atom stereocenters. The van der Waals surface area contributed by atoms with Crippen LogP contribution in [-0.4, -0.2) is 41.0 Å². The van der Waals surface area contributed by atoms with Gasteiger partial charge in [0, 0.05) is 23.7 Å². The monoisotopic (exact) mass is 385 g/mol. The molecule has 3 heterocycles. The molecule has 1 N–H and O–H groups in total. The minimum atomic E-state index is -0.298. The average molecular weight is 385 g/mol. The third-order valence-corrected chi connectivity index (χ3v) is 7.13. The van der Waals surface area contributed by atoms with Crippen molar-refractivity contribution < 1.29 is 14.5 Å². The van der Waals surface area contributed by atoms with Gasteiger partial charge < -0.3 is 9.72 Å². The zero-order valence-electron chi connectivity index (χ0n) is 16.7. The number of ether oxygens (including phenoxy) is 1. The minimum absolute atomic E-state index is 0.0381. The highest BCUT2D eigenvalue weighted by atomic mass is 16.6. The van der Waals surface area contributed by atoms with Crippen LogP contribution < -0.4 is 0 Å². The van der Waals surface area contributed by atoms with Gasteiger partial charge in [-0.3, -0.25) is 19.8 Å². The van der Waals surface area contributed by atoms with E-state index in [0.717, 1.165) is 60.9 Å². The lowest BCUT2D eigenvalue weighted by Gasteiger charge is -2.53. The second-order valence-electron chi connectivity index (χ2n) is 8.10. The van der Waals surface area contributed by atoms with Crippen molar-refractivity contribution in [2.75, 3.05) is 20.2 Å². The van der Waals surface area contributed by atoms with Crippen LogP contribution in [0.5, 0.6) is 0 Å². The number of nitro groups is 1. The third-order valence-electron chi connectivity index (χ3n) is 7.13. The molecule has 0 bridgehead atoms. The Morgan fingerprint density at radius 3 is 2.93 bits per heavy atom. The first-order valence-corrected chi connectivity index (χ1v) is 10.0. The lowest BCUT2D eigenvalue weighted by Crippen LogP contribution is -2.53. The maximum absolute atomic E-state index is 12.5. The second-order valence-corrected chi connectivity index (χ2v) is 8.10. The van der Waals surface area contributed by atoms with Gasteiger partial charge in [0.05, 0.1) is 34.9 Å². The van der Waals surface area contributed by atoms with Crippen molar-refractivity contribution in [3.8, 4) is 0 Å². The van der Waals surface area contributed by atoms with Gasteiger partial charge in [-0.05, 0) is 43.9 Å². The van der Waals surface area contributed by atoms with Gasteiger partial charge in [-0.25, -0.2) is 0 Å². The number of rotatable bonds is 4. The van der Waals surface area contributed by atoms with Crippen molar-refractivity contribution in [2.45, 2.75) is 45.6 Å². The Bertz CT molecular complexity index is 937. The summed E-state index contributed by atoms with van der Waals surface area (Å²) < 4.78 is 5.11. The molecule has 7 nitrogen and oxygen atoms in total. The predicted octanol–water partition coefficient (Wildman–Crippen LogP) is 3.97. The van der Waals surface area contributed by atoms with Crippen molar-refractivity contribution in [3.63, 3.8) is 0 Å². The summed E-state index contributed by atoms with van der Waals surface area (Å²) >= 11 is 0. The van der Waals surface area contributed by atoms with Crippen LogP contribution >= 0.6 is 0 Å². The van der Waals surface area contributed by atoms with Gasteiger partial charge in [-0.2, -0.15) is 0 Å². The smallest absolute Gasteiger partial charge is 0.309 e. The van der Waals surface area contributed by atoms with Gasteiger partial charge in [0.1, 0.15) is 0 Å². The number of nitrogens with one attached hydrogen (secondary N) is 1. The lowest BCUT2D eigenvalue weighted by molar-refractivity contribution is -0.383. The number of aromatic amines is 1. The number of non-ortho nitro benzene ring substituents is 1. The molecule has 2 aliphatic heterocycles. The van der Waals surface area contributed by atoms with Crippen molar-refractivity contribution in [1.29, 1.82) is 0 Å². The fraction of sp³-hybridized carbons (Fsp3) is 0.571. The quantitative estimate of drug-likeness (QED) is 0.489. The van der Waals surface area contributed by atoms with Crippen LogP contribution in [0.1, 0.15) is 50.4 Å². The number of carbonyl (C=O) groups is 1. The molecule has 2 aromatic rings. The molecule has 0 amide bonds. The first kappa shape index (κ1) is 18.9. The van der Waals surface area contributed by atoms with Crippen LogP contribution in [0, 0.1) is 21.4 Å². The van der Waals surface area contributed by atoms with E-state index in [4.69, 9.17) is 4.74 Å². The van der Waals surface area contributed by atoms with Gasteiger partial charge in [0.25, 0.3) is 5.69 Å². The molecule has 1 fully saturated rings. The van der Waals surface area contributed by atoms with E-state index in [9.17, 15) is 14.9 Å². The number of aromatic nitrogens is 1. The lowest BCUT2D eigenvalue weighted by atomic mass is 9.61. The Hall–Kier alpha value is -2.41. The van der Waals surface area contributed by atoms with Crippen LogP contribution in [0.2, 0.25) is 0 Å². The summed E-state index contributed by atoms with van der Waals surface area (Å²) in [5.41, 5.74) is 2.80. The number of methoxy groups -OCH3 is 1. The van der Waals surface area contributed by atoms with E-state index in [2.05, 4.69) is 16.8 Å². The molecule has 0 spiro atoms. The summed E-state index contributed by atoms with van der Waals surface area (Å²) in [5.74, 6) is -0.430. The van der Waals surface area contributed by atoms with Crippen molar-refractivity contribution in [3.05, 3.63) is 39.6 Å². The van der Waals surface area contributed by atoms with E-state index < -0.39 is 0 Å². The van der Waals surface area contributed by atoms with Crippen molar-refractivity contribution in [2.24, 2.45) is 11.3 Å². The van der Waals surface area contributed by atoms with Gasteiger partial charge in [0.15, 0.2) is 0 Å². The van der Waals surface area contributed by atoms with Gasteiger partial charge in [-0.1, -0.05) is 19.9 Å². The minimum Gasteiger partial charge on any atom is -0.469 e. The molecular formula is C21H27N3O4. The van der Waals surface area contributed by atoms with E-state index in [-0.39, 0.29) is 34.0 Å². The SMILES string of the molecule is CC[C@@]1(C(C)C(=O)OC)CCCN2CCc3c([nH]c4cccc([N+](=O)[O-])c34)[C@@H]21. The molecule has 150 valence electrons. The fourth-order valence-electron chi connectivity index (χ4n) is 5.71. The molecular weight excluding hydrogens is 358 g/mol. The first-order valence-electron chi connectivity index (χ1n) is 10.0. The highest BCUT2D eigenvalue weighted by Crippen LogP contribution is 2.56. The average Bonchev–Trinajstić information content (AvgIpc) is 3.10. The Morgan fingerprint density at radius 2 is 2.25 bits per heavy atom. The summed E-state index contributed by atoms with van der Waals surface area (Å²) in [4.78, 5) is 29.8. The van der Waals surface area contributed by atoms with Crippen LogP contribution in [0.3, 0.4) is 0 Å². The van der Waals surface area contributed by atoms with E-state index >= 15 is 0 Å².